The molecule has 1 fully saturated rings. The highest BCUT2D eigenvalue weighted by molar-refractivity contribution is 6.16. The molecular weight excluding hydrogens is 260 g/mol. The molecule has 0 saturated heterocycles. The number of aryl methyl sites for hydroxylation is 2. The monoisotopic (exact) mass is 280 g/mol. The maximum Gasteiger partial charge on any atom is 0.158 e. The maximum atomic E-state index is 6.08. The lowest BCUT2D eigenvalue weighted by Crippen LogP contribution is -2.21. The molecule has 0 aromatic carbocycles. The van der Waals surface area contributed by atoms with Crippen molar-refractivity contribution >= 4 is 22.8 Å². The van der Waals surface area contributed by atoms with Crippen molar-refractivity contribution in [3.8, 4) is 0 Å². The van der Waals surface area contributed by atoms with Gasteiger partial charge in [0.05, 0.1) is 11.6 Å². The van der Waals surface area contributed by atoms with Crippen LogP contribution in [0.15, 0.2) is 0 Å². The molecule has 1 saturated carbocycles. The van der Waals surface area contributed by atoms with Gasteiger partial charge in [-0.25, -0.2) is 4.98 Å². The normalized spacial score (nSPS) is 18.5. The molecule has 2 heterocycles. The first-order chi connectivity index (χ1) is 9.04. The average Bonchev–Trinajstić information content (AvgIpc) is 3.00. The number of fused-ring (bicyclic) bond motifs is 1. The van der Waals surface area contributed by atoms with E-state index < -0.39 is 0 Å². The fraction of sp³-hybridized carbons (Fsp3) is 0.714. The van der Waals surface area contributed by atoms with Gasteiger partial charge in [0, 0.05) is 13.6 Å². The Bertz CT molecular complexity index is 605. The van der Waals surface area contributed by atoms with E-state index in [0.29, 0.717) is 11.3 Å². The Morgan fingerprint density at radius 3 is 2.63 bits per heavy atom. The maximum absolute atomic E-state index is 6.08. The average molecular weight is 281 g/mol. The minimum Gasteiger partial charge on any atom is -0.311 e. The van der Waals surface area contributed by atoms with Crippen LogP contribution in [-0.4, -0.2) is 19.3 Å². The Morgan fingerprint density at radius 2 is 2.00 bits per heavy atom. The van der Waals surface area contributed by atoms with Crippen molar-refractivity contribution in [2.75, 3.05) is 0 Å². The second-order valence-electron chi connectivity index (χ2n) is 6.15. The minimum atomic E-state index is 0.382. The van der Waals surface area contributed by atoms with Crippen LogP contribution in [0.5, 0.6) is 0 Å². The fourth-order valence-electron chi connectivity index (χ4n) is 3.42. The second-order valence-corrected chi connectivity index (χ2v) is 6.41. The van der Waals surface area contributed by atoms with Crippen LogP contribution < -0.4 is 0 Å². The molecule has 0 aliphatic heterocycles. The number of hydrogen-bond acceptors (Lipinski definition) is 2. The Hall–Kier alpha value is -1.03. The van der Waals surface area contributed by atoms with E-state index in [1.165, 1.54) is 25.7 Å². The summed E-state index contributed by atoms with van der Waals surface area (Å²) in [4.78, 5) is 4.67. The van der Waals surface area contributed by atoms with Crippen LogP contribution in [0.2, 0.25) is 0 Å². The van der Waals surface area contributed by atoms with Gasteiger partial charge in [0.1, 0.15) is 11.3 Å². The van der Waals surface area contributed by atoms with Gasteiger partial charge in [-0.15, -0.1) is 11.6 Å². The molecule has 0 atom stereocenters. The molecule has 2 aromatic rings. The van der Waals surface area contributed by atoms with E-state index >= 15 is 0 Å². The summed E-state index contributed by atoms with van der Waals surface area (Å²) in [5, 5.41) is 4.47. The molecule has 1 aliphatic rings. The lowest BCUT2D eigenvalue weighted by atomic mass is 9.89. The van der Waals surface area contributed by atoms with Crippen LogP contribution in [0.1, 0.15) is 44.1 Å². The molecule has 0 spiro atoms. The van der Waals surface area contributed by atoms with Gasteiger partial charge < -0.3 is 4.57 Å². The topological polar surface area (TPSA) is 35.6 Å². The lowest BCUT2D eigenvalue weighted by Gasteiger charge is -2.25. The van der Waals surface area contributed by atoms with Crippen LogP contribution in [0.25, 0.3) is 11.2 Å². The third-order valence-corrected chi connectivity index (χ3v) is 4.68. The molecule has 0 amide bonds. The lowest BCUT2D eigenvalue weighted by molar-refractivity contribution is 0.281. The van der Waals surface area contributed by atoms with Gasteiger partial charge in [-0.05, 0) is 25.2 Å². The number of halogens is 1. The second kappa shape index (κ2) is 4.51. The van der Waals surface area contributed by atoms with E-state index in [1.54, 1.807) is 0 Å². The standard InChI is InChI=1S/C14H21ClN4/c1-10-12-13(18(3)17-10)19(11(8-15)16-12)9-14(2)6-4-5-7-14/h4-9H2,1-3H3. The first-order valence-electron chi connectivity index (χ1n) is 6.99. The molecule has 1 aliphatic carbocycles. The predicted molar refractivity (Wildman–Crippen MR) is 77.4 cm³/mol. The molecule has 19 heavy (non-hydrogen) atoms. The largest absolute Gasteiger partial charge is 0.311 e. The number of imidazole rings is 1. The van der Waals surface area contributed by atoms with E-state index in [1.807, 2.05) is 18.7 Å². The van der Waals surface area contributed by atoms with Gasteiger partial charge in [-0.3, -0.25) is 4.68 Å². The molecule has 3 rings (SSSR count). The number of nitrogens with zero attached hydrogens (tertiary/aromatic N) is 4. The summed E-state index contributed by atoms with van der Waals surface area (Å²) in [6.45, 7) is 5.40. The molecule has 0 bridgehead atoms. The van der Waals surface area contributed by atoms with E-state index in [4.69, 9.17) is 11.6 Å². The summed E-state index contributed by atoms with van der Waals surface area (Å²) in [6, 6.07) is 0. The molecule has 0 radical (unpaired) electrons. The van der Waals surface area contributed by atoms with Crippen LogP contribution in [0.4, 0.5) is 0 Å². The minimum absolute atomic E-state index is 0.382. The van der Waals surface area contributed by atoms with E-state index in [9.17, 15) is 0 Å². The Kier molecular flexibility index (Phi) is 3.08. The van der Waals surface area contributed by atoms with Crippen LogP contribution in [-0.2, 0) is 19.5 Å². The van der Waals surface area contributed by atoms with Gasteiger partial charge in [-0.1, -0.05) is 19.8 Å². The Morgan fingerprint density at radius 1 is 1.32 bits per heavy atom. The first-order valence-corrected chi connectivity index (χ1v) is 7.52. The van der Waals surface area contributed by atoms with Crippen molar-refractivity contribution in [1.82, 2.24) is 19.3 Å². The number of aromatic nitrogens is 4. The third-order valence-electron chi connectivity index (χ3n) is 4.44. The van der Waals surface area contributed by atoms with Crippen LogP contribution >= 0.6 is 11.6 Å². The Balaban J connectivity index is 2.10. The highest BCUT2D eigenvalue weighted by Gasteiger charge is 2.31. The Labute approximate surface area is 118 Å². The summed E-state index contributed by atoms with van der Waals surface area (Å²) >= 11 is 6.08. The summed E-state index contributed by atoms with van der Waals surface area (Å²) < 4.78 is 4.22. The van der Waals surface area contributed by atoms with Crippen molar-refractivity contribution < 1.29 is 0 Å². The van der Waals surface area contributed by atoms with Crippen molar-refractivity contribution in [3.05, 3.63) is 11.5 Å². The highest BCUT2D eigenvalue weighted by atomic mass is 35.5. The molecular formula is C14H21ClN4. The van der Waals surface area contributed by atoms with Gasteiger partial charge in [-0.2, -0.15) is 5.10 Å². The zero-order valence-electron chi connectivity index (χ0n) is 11.9. The predicted octanol–water partition coefficient (Wildman–Crippen LogP) is 3.40. The van der Waals surface area contributed by atoms with Crippen molar-refractivity contribution in [1.29, 1.82) is 0 Å². The van der Waals surface area contributed by atoms with Gasteiger partial charge in [0.25, 0.3) is 0 Å². The number of rotatable bonds is 3. The first kappa shape index (κ1) is 13.0. The summed E-state index contributed by atoms with van der Waals surface area (Å²) in [6.07, 6.45) is 5.28. The molecule has 4 nitrogen and oxygen atoms in total. The number of alkyl halides is 1. The highest BCUT2D eigenvalue weighted by Crippen LogP contribution is 2.40. The quantitative estimate of drug-likeness (QED) is 0.808. The van der Waals surface area contributed by atoms with Gasteiger partial charge in [0.15, 0.2) is 5.65 Å². The number of hydrogen-bond donors (Lipinski definition) is 0. The van der Waals surface area contributed by atoms with Crippen molar-refractivity contribution in [2.24, 2.45) is 12.5 Å². The summed E-state index contributed by atoms with van der Waals surface area (Å²) in [7, 11) is 1.99. The molecule has 0 N–H and O–H groups in total. The summed E-state index contributed by atoms with van der Waals surface area (Å²) in [5.41, 5.74) is 3.48. The van der Waals surface area contributed by atoms with Gasteiger partial charge in [0.2, 0.25) is 0 Å². The fourth-order valence-corrected chi connectivity index (χ4v) is 3.62. The SMILES string of the molecule is Cc1nn(C)c2c1nc(CCl)n2CC1(C)CCCC1. The molecule has 104 valence electrons. The zero-order chi connectivity index (χ0) is 13.6. The molecule has 0 unspecified atom stereocenters. The van der Waals surface area contributed by atoms with Gasteiger partial charge >= 0.3 is 0 Å². The van der Waals surface area contributed by atoms with Crippen molar-refractivity contribution in [3.63, 3.8) is 0 Å². The molecule has 5 heteroatoms. The van der Waals surface area contributed by atoms with E-state index in [0.717, 1.165) is 29.2 Å². The van der Waals surface area contributed by atoms with E-state index in [-0.39, 0.29) is 0 Å². The van der Waals surface area contributed by atoms with Crippen molar-refractivity contribution in [2.45, 2.75) is 52.0 Å². The van der Waals surface area contributed by atoms with Crippen LogP contribution in [0, 0.1) is 12.3 Å². The third kappa shape index (κ3) is 2.06. The molecule has 2 aromatic heterocycles. The zero-order valence-corrected chi connectivity index (χ0v) is 12.7. The smallest absolute Gasteiger partial charge is 0.158 e. The summed E-state index contributed by atoms with van der Waals surface area (Å²) in [5.74, 6) is 1.44. The van der Waals surface area contributed by atoms with E-state index in [2.05, 4.69) is 21.6 Å². The van der Waals surface area contributed by atoms with Crippen LogP contribution in [0.3, 0.4) is 0 Å².